The highest BCUT2D eigenvalue weighted by Gasteiger charge is 2.43. The third-order valence-corrected chi connectivity index (χ3v) is 4.86. The lowest BCUT2D eigenvalue weighted by Crippen LogP contribution is -2.48. The molecule has 0 spiro atoms. The predicted octanol–water partition coefficient (Wildman–Crippen LogP) is 1.92. The van der Waals surface area contributed by atoms with Gasteiger partial charge in [-0.1, -0.05) is 6.42 Å². The lowest BCUT2D eigenvalue weighted by molar-refractivity contribution is -0.125. The van der Waals surface area contributed by atoms with Crippen molar-refractivity contribution in [1.29, 1.82) is 0 Å². The largest absolute Gasteiger partial charge is 0.496 e. The highest BCUT2D eigenvalue weighted by atomic mass is 19.1. The molecule has 25 heavy (non-hydrogen) atoms. The second-order valence-electron chi connectivity index (χ2n) is 6.44. The van der Waals surface area contributed by atoms with Gasteiger partial charge >= 0.3 is 0 Å². The summed E-state index contributed by atoms with van der Waals surface area (Å²) in [6, 6.07) is 5.76. The summed E-state index contributed by atoms with van der Waals surface area (Å²) in [6.07, 6.45) is 4.04. The van der Waals surface area contributed by atoms with Crippen LogP contribution in [-0.4, -0.2) is 29.0 Å². The van der Waals surface area contributed by atoms with Gasteiger partial charge in [-0.05, 0) is 43.5 Å². The molecule has 6 nitrogen and oxygen atoms in total. The lowest BCUT2D eigenvalue weighted by atomic mass is 9.69. The van der Waals surface area contributed by atoms with E-state index >= 15 is 0 Å². The smallest absolute Gasteiger partial charge is 0.229 e. The van der Waals surface area contributed by atoms with Crippen molar-refractivity contribution < 1.29 is 13.9 Å². The minimum Gasteiger partial charge on any atom is -0.496 e. The van der Waals surface area contributed by atoms with Crippen LogP contribution in [0.4, 0.5) is 4.39 Å². The summed E-state index contributed by atoms with van der Waals surface area (Å²) in [6.45, 7) is 0. The number of ether oxygens (including phenoxy) is 1. The molecule has 0 aliphatic heterocycles. The minimum absolute atomic E-state index is 0.108. The van der Waals surface area contributed by atoms with Crippen molar-refractivity contribution >= 4 is 5.91 Å². The number of benzene rings is 1. The highest BCUT2D eigenvalue weighted by molar-refractivity contribution is 5.87. The minimum atomic E-state index is -0.921. The van der Waals surface area contributed by atoms with Gasteiger partial charge in [-0.15, -0.1) is 0 Å². The summed E-state index contributed by atoms with van der Waals surface area (Å²) < 4.78 is 19.0. The molecule has 1 aromatic carbocycles. The molecule has 1 fully saturated rings. The van der Waals surface area contributed by atoms with Crippen LogP contribution in [0.25, 0.3) is 11.3 Å². The van der Waals surface area contributed by atoms with E-state index in [9.17, 15) is 9.18 Å². The van der Waals surface area contributed by atoms with Crippen molar-refractivity contribution in [3.8, 4) is 17.0 Å². The number of carbonyl (C=O) groups is 1. The first kappa shape index (κ1) is 17.3. The standard InChI is InChI=1S/C18H21FN4O2/c1-25-15-5-4-11(19)7-13(15)14-8-16(23-10-22-14)18(17(21)24)6-2-3-12(20)9-18/h4-5,7-8,10,12H,2-3,6,9,20H2,1H3,(H2,21,24). The summed E-state index contributed by atoms with van der Waals surface area (Å²) >= 11 is 0. The van der Waals surface area contributed by atoms with Crippen molar-refractivity contribution in [2.75, 3.05) is 7.11 Å². The molecule has 0 saturated heterocycles. The number of hydrogen-bond acceptors (Lipinski definition) is 5. The molecule has 1 aliphatic carbocycles. The third kappa shape index (κ3) is 3.19. The van der Waals surface area contributed by atoms with Crippen LogP contribution in [0.15, 0.2) is 30.6 Å². The third-order valence-electron chi connectivity index (χ3n) is 4.86. The maximum absolute atomic E-state index is 13.7. The van der Waals surface area contributed by atoms with E-state index in [1.807, 2.05) is 0 Å². The Balaban J connectivity index is 2.10. The van der Waals surface area contributed by atoms with Crippen molar-refractivity contribution in [3.63, 3.8) is 0 Å². The molecular weight excluding hydrogens is 323 g/mol. The Morgan fingerprint density at radius 1 is 1.36 bits per heavy atom. The van der Waals surface area contributed by atoms with Crippen molar-refractivity contribution in [3.05, 3.63) is 42.1 Å². The van der Waals surface area contributed by atoms with Gasteiger partial charge in [-0.3, -0.25) is 4.79 Å². The van der Waals surface area contributed by atoms with E-state index in [1.54, 1.807) is 6.07 Å². The van der Waals surface area contributed by atoms with Crippen LogP contribution >= 0.6 is 0 Å². The van der Waals surface area contributed by atoms with Crippen LogP contribution in [-0.2, 0) is 10.2 Å². The van der Waals surface area contributed by atoms with Gasteiger partial charge in [0.2, 0.25) is 5.91 Å². The van der Waals surface area contributed by atoms with Crippen molar-refractivity contribution in [2.24, 2.45) is 11.5 Å². The Morgan fingerprint density at radius 3 is 2.84 bits per heavy atom. The van der Waals surface area contributed by atoms with Crippen LogP contribution in [0.3, 0.4) is 0 Å². The fourth-order valence-electron chi connectivity index (χ4n) is 3.55. The zero-order valence-corrected chi connectivity index (χ0v) is 14.0. The SMILES string of the molecule is COc1ccc(F)cc1-c1cc(C2(C(N)=O)CCCC(N)C2)ncn1. The normalized spacial score (nSPS) is 23.2. The number of hydrogen-bond donors (Lipinski definition) is 2. The highest BCUT2D eigenvalue weighted by Crippen LogP contribution is 2.39. The quantitative estimate of drug-likeness (QED) is 0.882. The van der Waals surface area contributed by atoms with Crippen LogP contribution in [0.1, 0.15) is 31.4 Å². The molecule has 2 unspecified atom stereocenters. The molecule has 132 valence electrons. The van der Waals surface area contributed by atoms with E-state index in [2.05, 4.69) is 9.97 Å². The molecule has 1 aliphatic rings. The van der Waals surface area contributed by atoms with Gasteiger partial charge in [-0.2, -0.15) is 0 Å². The zero-order chi connectivity index (χ0) is 18.0. The van der Waals surface area contributed by atoms with Crippen molar-refractivity contribution in [2.45, 2.75) is 37.1 Å². The number of halogens is 1. The van der Waals surface area contributed by atoms with Crippen LogP contribution < -0.4 is 16.2 Å². The number of primary amides is 1. The van der Waals surface area contributed by atoms with Gasteiger partial charge in [-0.25, -0.2) is 14.4 Å². The Kier molecular flexibility index (Phi) is 4.67. The second-order valence-corrected chi connectivity index (χ2v) is 6.44. The van der Waals surface area contributed by atoms with Gasteiger partial charge in [0.25, 0.3) is 0 Å². The van der Waals surface area contributed by atoms with E-state index in [1.165, 1.54) is 31.6 Å². The second kappa shape index (κ2) is 6.76. The molecule has 0 bridgehead atoms. The summed E-state index contributed by atoms with van der Waals surface area (Å²) in [4.78, 5) is 20.8. The fourth-order valence-corrected chi connectivity index (χ4v) is 3.55. The first-order chi connectivity index (χ1) is 12.0. The van der Waals surface area contributed by atoms with E-state index in [0.29, 0.717) is 35.5 Å². The Labute approximate surface area is 145 Å². The van der Waals surface area contributed by atoms with Gasteiger partial charge in [0.1, 0.15) is 17.9 Å². The zero-order valence-electron chi connectivity index (χ0n) is 14.0. The van der Waals surface area contributed by atoms with Gasteiger partial charge < -0.3 is 16.2 Å². The van der Waals surface area contributed by atoms with Crippen LogP contribution in [0, 0.1) is 5.82 Å². The Bertz CT molecular complexity index is 798. The number of amides is 1. The molecule has 1 aromatic heterocycles. The molecule has 2 aromatic rings. The van der Waals surface area contributed by atoms with E-state index in [4.69, 9.17) is 16.2 Å². The van der Waals surface area contributed by atoms with E-state index in [0.717, 1.165) is 12.8 Å². The maximum atomic E-state index is 13.7. The summed E-state index contributed by atoms with van der Waals surface area (Å²) in [5.74, 6) is -0.363. The average Bonchev–Trinajstić information content (AvgIpc) is 2.61. The van der Waals surface area contributed by atoms with Gasteiger partial charge in [0, 0.05) is 11.6 Å². The Hall–Kier alpha value is -2.54. The van der Waals surface area contributed by atoms with E-state index in [-0.39, 0.29) is 6.04 Å². The number of rotatable bonds is 4. The molecule has 0 radical (unpaired) electrons. The maximum Gasteiger partial charge on any atom is 0.229 e. The molecule has 4 N–H and O–H groups in total. The number of nitrogens with zero attached hydrogens (tertiary/aromatic N) is 2. The molecule has 1 saturated carbocycles. The molecular formula is C18H21FN4O2. The molecule has 7 heteroatoms. The first-order valence-electron chi connectivity index (χ1n) is 8.18. The molecule has 1 heterocycles. The fraction of sp³-hybridized carbons (Fsp3) is 0.389. The molecule has 3 rings (SSSR count). The summed E-state index contributed by atoms with van der Waals surface area (Å²) in [5.41, 5.74) is 12.4. The number of methoxy groups -OCH3 is 1. The van der Waals surface area contributed by atoms with Gasteiger partial charge in [0.05, 0.1) is 23.9 Å². The lowest BCUT2D eigenvalue weighted by Gasteiger charge is -2.36. The van der Waals surface area contributed by atoms with Crippen LogP contribution in [0.2, 0.25) is 0 Å². The average molecular weight is 344 g/mol. The number of nitrogens with two attached hydrogens (primary N) is 2. The molecule has 1 amide bonds. The topological polar surface area (TPSA) is 104 Å². The summed E-state index contributed by atoms with van der Waals surface area (Å²) in [7, 11) is 1.50. The summed E-state index contributed by atoms with van der Waals surface area (Å²) in [5, 5.41) is 0. The van der Waals surface area contributed by atoms with E-state index < -0.39 is 17.1 Å². The monoisotopic (exact) mass is 344 g/mol. The van der Waals surface area contributed by atoms with Crippen molar-refractivity contribution in [1.82, 2.24) is 9.97 Å². The van der Waals surface area contributed by atoms with Gasteiger partial charge in [0.15, 0.2) is 0 Å². The predicted molar refractivity (Wildman–Crippen MR) is 91.3 cm³/mol. The van der Waals surface area contributed by atoms with Crippen LogP contribution in [0.5, 0.6) is 5.75 Å². The molecule has 2 atom stereocenters. The first-order valence-corrected chi connectivity index (χ1v) is 8.18. The Morgan fingerprint density at radius 2 is 2.16 bits per heavy atom. The number of carbonyl (C=O) groups excluding carboxylic acids is 1. The number of aromatic nitrogens is 2.